The minimum atomic E-state index is -0.383. The third-order valence-corrected chi connectivity index (χ3v) is 2.53. The molecule has 0 amide bonds. The van der Waals surface area contributed by atoms with Crippen molar-refractivity contribution in [2.45, 2.75) is 0 Å². The Hall–Kier alpha value is -2.49. The fraction of sp³-hybridized carbons (Fsp3) is 0.0714. The number of benzene rings is 2. The van der Waals surface area contributed by atoms with Crippen molar-refractivity contribution < 1.29 is 9.53 Å². The van der Waals surface area contributed by atoms with Gasteiger partial charge >= 0.3 is 5.97 Å². The molecule has 0 saturated heterocycles. The third kappa shape index (κ3) is 2.60. The molecule has 4 nitrogen and oxygen atoms in total. The molecule has 0 heterocycles. The molecule has 2 aromatic rings. The van der Waals surface area contributed by atoms with E-state index >= 15 is 0 Å². The minimum Gasteiger partial charge on any atom is -0.465 e. The molecule has 4 heteroatoms. The highest BCUT2D eigenvalue weighted by Crippen LogP contribution is 2.24. The smallest absolute Gasteiger partial charge is 0.337 e. The van der Waals surface area contributed by atoms with Gasteiger partial charge in [0.2, 0.25) is 0 Å². The Morgan fingerprint density at radius 3 is 2.56 bits per heavy atom. The topological polar surface area (TPSA) is 64.3 Å². The quantitative estimate of drug-likeness (QED) is 0.641. The van der Waals surface area contributed by atoms with Crippen molar-refractivity contribution in [3.05, 3.63) is 54.1 Å². The fourth-order valence-electron chi connectivity index (χ4n) is 1.59. The number of carbonyl (C=O) groups excluding carboxylic acids is 1. The molecule has 0 unspecified atom stereocenters. The first-order valence-corrected chi connectivity index (χ1v) is 5.50. The SMILES string of the molecule is COC(=O)c1ccc(N)c(Nc2ccccc2)c1. The summed E-state index contributed by atoms with van der Waals surface area (Å²) in [6.07, 6.45) is 0. The standard InChI is InChI=1S/C14H14N2O2/c1-18-14(17)10-7-8-12(15)13(9-10)16-11-5-3-2-4-6-11/h2-9,16H,15H2,1H3. The lowest BCUT2D eigenvalue weighted by Gasteiger charge is -2.10. The fourth-order valence-corrected chi connectivity index (χ4v) is 1.59. The van der Waals surface area contributed by atoms with Crippen LogP contribution in [0.4, 0.5) is 17.1 Å². The van der Waals surface area contributed by atoms with E-state index in [0.29, 0.717) is 16.9 Å². The number of methoxy groups -OCH3 is 1. The number of anilines is 3. The van der Waals surface area contributed by atoms with E-state index in [-0.39, 0.29) is 5.97 Å². The van der Waals surface area contributed by atoms with Crippen LogP contribution in [-0.4, -0.2) is 13.1 Å². The van der Waals surface area contributed by atoms with Crippen molar-refractivity contribution in [3.8, 4) is 0 Å². The molecule has 0 aromatic heterocycles. The van der Waals surface area contributed by atoms with Crippen LogP contribution in [-0.2, 0) is 4.74 Å². The predicted octanol–water partition coefficient (Wildman–Crippen LogP) is 2.80. The highest BCUT2D eigenvalue weighted by molar-refractivity contribution is 5.92. The molecule has 92 valence electrons. The van der Waals surface area contributed by atoms with Gasteiger partial charge in [0, 0.05) is 5.69 Å². The molecule has 0 aliphatic heterocycles. The maximum atomic E-state index is 11.4. The Balaban J connectivity index is 2.30. The summed E-state index contributed by atoms with van der Waals surface area (Å²) < 4.78 is 4.67. The highest BCUT2D eigenvalue weighted by Gasteiger charge is 2.08. The molecule has 0 aliphatic rings. The van der Waals surface area contributed by atoms with Gasteiger partial charge in [0.15, 0.2) is 0 Å². The summed E-state index contributed by atoms with van der Waals surface area (Å²) in [7, 11) is 1.35. The normalized spacial score (nSPS) is 9.83. The zero-order valence-electron chi connectivity index (χ0n) is 10.0. The molecule has 0 radical (unpaired) electrons. The van der Waals surface area contributed by atoms with Gasteiger partial charge in [-0.1, -0.05) is 18.2 Å². The summed E-state index contributed by atoms with van der Waals surface area (Å²) in [5, 5.41) is 3.16. The number of nitrogen functional groups attached to an aromatic ring is 1. The van der Waals surface area contributed by atoms with Gasteiger partial charge in [-0.2, -0.15) is 0 Å². The Bertz CT molecular complexity index is 553. The Morgan fingerprint density at radius 2 is 1.89 bits per heavy atom. The first-order valence-electron chi connectivity index (χ1n) is 5.50. The maximum Gasteiger partial charge on any atom is 0.337 e. The number of hydrogen-bond donors (Lipinski definition) is 2. The number of carbonyl (C=O) groups is 1. The van der Waals surface area contributed by atoms with E-state index in [1.165, 1.54) is 7.11 Å². The molecule has 2 aromatic carbocycles. The molecular formula is C14H14N2O2. The number of nitrogens with two attached hydrogens (primary N) is 1. The first kappa shape index (κ1) is 12.0. The number of rotatable bonds is 3. The van der Waals surface area contributed by atoms with E-state index in [1.54, 1.807) is 18.2 Å². The van der Waals surface area contributed by atoms with Crippen molar-refractivity contribution in [2.24, 2.45) is 0 Å². The molecule has 2 rings (SSSR count). The van der Waals surface area contributed by atoms with Crippen molar-refractivity contribution in [1.29, 1.82) is 0 Å². The van der Waals surface area contributed by atoms with E-state index in [2.05, 4.69) is 10.1 Å². The van der Waals surface area contributed by atoms with Crippen molar-refractivity contribution >= 4 is 23.0 Å². The van der Waals surface area contributed by atoms with Gasteiger partial charge in [0.1, 0.15) is 0 Å². The van der Waals surface area contributed by atoms with Crippen molar-refractivity contribution in [2.75, 3.05) is 18.2 Å². The summed E-state index contributed by atoms with van der Waals surface area (Å²) in [5.74, 6) is -0.383. The second kappa shape index (κ2) is 5.23. The molecular weight excluding hydrogens is 228 g/mol. The van der Waals surface area contributed by atoms with Crippen LogP contribution in [0.2, 0.25) is 0 Å². The lowest BCUT2D eigenvalue weighted by molar-refractivity contribution is 0.0601. The Morgan fingerprint density at radius 1 is 1.17 bits per heavy atom. The largest absolute Gasteiger partial charge is 0.465 e. The lowest BCUT2D eigenvalue weighted by Crippen LogP contribution is -2.03. The van der Waals surface area contributed by atoms with Crippen molar-refractivity contribution in [3.63, 3.8) is 0 Å². The highest BCUT2D eigenvalue weighted by atomic mass is 16.5. The Kier molecular flexibility index (Phi) is 3.48. The van der Waals surface area contributed by atoms with Gasteiger partial charge in [-0.05, 0) is 30.3 Å². The van der Waals surface area contributed by atoms with Crippen LogP contribution in [0.3, 0.4) is 0 Å². The zero-order valence-corrected chi connectivity index (χ0v) is 10.0. The van der Waals surface area contributed by atoms with E-state index in [9.17, 15) is 4.79 Å². The molecule has 0 aliphatic carbocycles. The average Bonchev–Trinajstić information content (AvgIpc) is 2.41. The van der Waals surface area contributed by atoms with Gasteiger partial charge in [0.25, 0.3) is 0 Å². The summed E-state index contributed by atoms with van der Waals surface area (Å²) in [6, 6.07) is 14.6. The average molecular weight is 242 g/mol. The first-order chi connectivity index (χ1) is 8.70. The summed E-state index contributed by atoms with van der Waals surface area (Å²) in [4.78, 5) is 11.4. The van der Waals surface area contributed by atoms with Gasteiger partial charge < -0.3 is 15.8 Å². The minimum absolute atomic E-state index is 0.383. The number of hydrogen-bond acceptors (Lipinski definition) is 4. The van der Waals surface area contributed by atoms with Crippen molar-refractivity contribution in [1.82, 2.24) is 0 Å². The summed E-state index contributed by atoms with van der Waals surface area (Å²) >= 11 is 0. The summed E-state index contributed by atoms with van der Waals surface area (Å²) in [6.45, 7) is 0. The molecule has 0 fully saturated rings. The van der Waals surface area contributed by atoms with Crippen LogP contribution in [0.5, 0.6) is 0 Å². The van der Waals surface area contributed by atoms with E-state index in [0.717, 1.165) is 5.69 Å². The second-order valence-corrected chi connectivity index (χ2v) is 3.78. The monoisotopic (exact) mass is 242 g/mol. The number of para-hydroxylation sites is 1. The van der Waals surface area contributed by atoms with Crippen LogP contribution >= 0.6 is 0 Å². The predicted molar refractivity (Wildman–Crippen MR) is 71.9 cm³/mol. The molecule has 3 N–H and O–H groups in total. The van der Waals surface area contributed by atoms with Crippen LogP contribution in [0.25, 0.3) is 0 Å². The van der Waals surface area contributed by atoms with E-state index in [4.69, 9.17) is 5.73 Å². The third-order valence-electron chi connectivity index (χ3n) is 2.53. The Labute approximate surface area is 105 Å². The van der Waals surface area contributed by atoms with Crippen LogP contribution in [0.1, 0.15) is 10.4 Å². The number of nitrogens with one attached hydrogen (secondary N) is 1. The van der Waals surface area contributed by atoms with Gasteiger partial charge in [-0.3, -0.25) is 0 Å². The lowest BCUT2D eigenvalue weighted by atomic mass is 10.1. The molecule has 0 spiro atoms. The van der Waals surface area contributed by atoms with Gasteiger partial charge in [-0.25, -0.2) is 4.79 Å². The molecule has 0 atom stereocenters. The van der Waals surface area contributed by atoms with Gasteiger partial charge in [-0.15, -0.1) is 0 Å². The van der Waals surface area contributed by atoms with E-state index in [1.807, 2.05) is 30.3 Å². The molecule has 0 saturated carbocycles. The summed E-state index contributed by atoms with van der Waals surface area (Å²) in [5.41, 5.74) is 8.50. The van der Waals surface area contributed by atoms with Crippen LogP contribution in [0.15, 0.2) is 48.5 Å². The van der Waals surface area contributed by atoms with Gasteiger partial charge in [0.05, 0.1) is 24.0 Å². The second-order valence-electron chi connectivity index (χ2n) is 3.78. The van der Waals surface area contributed by atoms with E-state index < -0.39 is 0 Å². The van der Waals surface area contributed by atoms with Crippen LogP contribution < -0.4 is 11.1 Å². The van der Waals surface area contributed by atoms with Crippen LogP contribution in [0, 0.1) is 0 Å². The zero-order chi connectivity index (χ0) is 13.0. The number of ether oxygens (including phenoxy) is 1. The molecule has 0 bridgehead atoms. The maximum absolute atomic E-state index is 11.4. The molecule has 18 heavy (non-hydrogen) atoms. The number of esters is 1.